The maximum absolute atomic E-state index is 9.46. The number of nitrogens with zero attached hydrogens (tertiary/aromatic N) is 2. The van der Waals surface area contributed by atoms with Gasteiger partial charge in [0.05, 0.1) is 12.7 Å². The van der Waals surface area contributed by atoms with E-state index in [4.69, 9.17) is 5.11 Å². The zero-order valence-corrected chi connectivity index (χ0v) is 11.6. The maximum atomic E-state index is 9.46. The summed E-state index contributed by atoms with van der Waals surface area (Å²) in [6.07, 6.45) is 1.54. The van der Waals surface area contributed by atoms with Gasteiger partial charge in [-0.15, -0.1) is 0 Å². The summed E-state index contributed by atoms with van der Waals surface area (Å²) in [5.41, 5.74) is 2.09. The molecule has 2 heterocycles. The predicted molar refractivity (Wildman–Crippen MR) is 75.4 cm³/mol. The summed E-state index contributed by atoms with van der Waals surface area (Å²) >= 11 is 0. The molecule has 0 spiro atoms. The van der Waals surface area contributed by atoms with Gasteiger partial charge in [-0.2, -0.15) is 0 Å². The molecule has 0 radical (unpaired) electrons. The van der Waals surface area contributed by atoms with Crippen LogP contribution in [0.25, 0.3) is 0 Å². The summed E-state index contributed by atoms with van der Waals surface area (Å²) in [5, 5.41) is 21.7. The predicted octanol–water partition coefficient (Wildman–Crippen LogP) is 0.0838. The number of aliphatic hydroxyl groups is 2. The zero-order valence-electron chi connectivity index (χ0n) is 11.6. The van der Waals surface area contributed by atoms with Gasteiger partial charge in [0.1, 0.15) is 5.82 Å². The van der Waals surface area contributed by atoms with Crippen LogP contribution < -0.4 is 10.2 Å². The van der Waals surface area contributed by atoms with E-state index in [-0.39, 0.29) is 6.61 Å². The maximum Gasteiger partial charge on any atom is 0.131 e. The molecule has 1 aromatic rings. The van der Waals surface area contributed by atoms with Gasteiger partial charge in [0.15, 0.2) is 0 Å². The largest absolute Gasteiger partial charge is 0.394 e. The number of aromatic nitrogens is 1. The molecular formula is C14H23N3O2. The van der Waals surface area contributed by atoms with Crippen LogP contribution >= 0.6 is 0 Å². The standard InChI is InChI=1S/C14H23N3O2/c1-10-5-12(6-13(19)9-18)7-16-14(10)17-4-3-15-11(2)8-17/h5,7,11,13,15,18-19H,3-4,6,8-9H2,1-2H3/t11-,13-/m1/s1. The second kappa shape index (κ2) is 6.32. The minimum Gasteiger partial charge on any atom is -0.394 e. The van der Waals surface area contributed by atoms with Crippen molar-refractivity contribution < 1.29 is 10.2 Å². The van der Waals surface area contributed by atoms with E-state index in [1.807, 2.05) is 13.0 Å². The molecule has 1 saturated heterocycles. The molecule has 1 aliphatic heterocycles. The molecule has 0 amide bonds. The fraction of sp³-hybridized carbons (Fsp3) is 0.643. The fourth-order valence-corrected chi connectivity index (χ4v) is 2.53. The molecule has 106 valence electrons. The van der Waals surface area contributed by atoms with Crippen LogP contribution in [0.4, 0.5) is 5.82 Å². The van der Waals surface area contributed by atoms with Crippen LogP contribution in [0.3, 0.4) is 0 Å². The third-order valence-electron chi connectivity index (χ3n) is 3.46. The van der Waals surface area contributed by atoms with Gasteiger partial charge in [-0.1, -0.05) is 6.07 Å². The number of hydrogen-bond donors (Lipinski definition) is 3. The molecule has 5 nitrogen and oxygen atoms in total. The number of aryl methyl sites for hydroxylation is 1. The van der Waals surface area contributed by atoms with Gasteiger partial charge < -0.3 is 20.4 Å². The summed E-state index contributed by atoms with van der Waals surface area (Å²) in [6.45, 7) is 6.92. The summed E-state index contributed by atoms with van der Waals surface area (Å²) in [5.74, 6) is 1.02. The van der Waals surface area contributed by atoms with Gasteiger partial charge in [0, 0.05) is 38.3 Å². The van der Waals surface area contributed by atoms with Crippen molar-refractivity contribution in [2.24, 2.45) is 0 Å². The van der Waals surface area contributed by atoms with Crippen molar-refractivity contribution >= 4 is 5.82 Å². The topological polar surface area (TPSA) is 68.6 Å². The highest BCUT2D eigenvalue weighted by atomic mass is 16.3. The average molecular weight is 265 g/mol. The number of hydrogen-bond acceptors (Lipinski definition) is 5. The number of pyridine rings is 1. The lowest BCUT2D eigenvalue weighted by molar-refractivity contribution is 0.0954. The lowest BCUT2D eigenvalue weighted by atomic mass is 10.1. The summed E-state index contributed by atoms with van der Waals surface area (Å²) in [7, 11) is 0. The number of rotatable bonds is 4. The highest BCUT2D eigenvalue weighted by Gasteiger charge is 2.18. The van der Waals surface area contributed by atoms with Gasteiger partial charge in [0.25, 0.3) is 0 Å². The third-order valence-corrected chi connectivity index (χ3v) is 3.46. The van der Waals surface area contributed by atoms with E-state index in [1.165, 1.54) is 0 Å². The quantitative estimate of drug-likeness (QED) is 0.719. The van der Waals surface area contributed by atoms with E-state index >= 15 is 0 Å². The van der Waals surface area contributed by atoms with Crippen LogP contribution in [-0.2, 0) is 6.42 Å². The highest BCUT2D eigenvalue weighted by molar-refractivity contribution is 5.48. The molecule has 2 atom stereocenters. The molecule has 2 rings (SSSR count). The van der Waals surface area contributed by atoms with Gasteiger partial charge in [-0.3, -0.25) is 0 Å². The Balaban J connectivity index is 2.10. The smallest absolute Gasteiger partial charge is 0.131 e. The molecule has 0 saturated carbocycles. The molecule has 3 N–H and O–H groups in total. The Bertz CT molecular complexity index is 425. The van der Waals surface area contributed by atoms with Gasteiger partial charge in [-0.25, -0.2) is 4.98 Å². The first-order valence-corrected chi connectivity index (χ1v) is 6.83. The molecule has 0 aromatic carbocycles. The van der Waals surface area contributed by atoms with E-state index in [0.29, 0.717) is 12.5 Å². The minimum atomic E-state index is -0.703. The highest BCUT2D eigenvalue weighted by Crippen LogP contribution is 2.20. The van der Waals surface area contributed by atoms with Crippen LogP contribution in [0, 0.1) is 6.92 Å². The van der Waals surface area contributed by atoms with E-state index in [0.717, 1.165) is 36.6 Å². The Morgan fingerprint density at radius 2 is 2.37 bits per heavy atom. The molecule has 1 aromatic heterocycles. The summed E-state index contributed by atoms with van der Waals surface area (Å²) < 4.78 is 0. The number of nitrogens with one attached hydrogen (secondary N) is 1. The van der Waals surface area contributed by atoms with E-state index in [2.05, 4.69) is 22.1 Å². The first-order chi connectivity index (χ1) is 9.10. The molecule has 0 aliphatic carbocycles. The monoisotopic (exact) mass is 265 g/mol. The van der Waals surface area contributed by atoms with Crippen molar-refractivity contribution in [2.45, 2.75) is 32.4 Å². The number of anilines is 1. The van der Waals surface area contributed by atoms with Crippen LogP contribution in [0.2, 0.25) is 0 Å². The average Bonchev–Trinajstić information content (AvgIpc) is 2.38. The first kappa shape index (κ1) is 14.2. The van der Waals surface area contributed by atoms with Crippen molar-refractivity contribution in [1.82, 2.24) is 10.3 Å². The Morgan fingerprint density at radius 3 is 3.00 bits per heavy atom. The Morgan fingerprint density at radius 1 is 1.58 bits per heavy atom. The van der Waals surface area contributed by atoms with Gasteiger partial charge in [0.2, 0.25) is 0 Å². The lowest BCUT2D eigenvalue weighted by Gasteiger charge is -2.33. The fourth-order valence-electron chi connectivity index (χ4n) is 2.53. The van der Waals surface area contributed by atoms with Crippen molar-refractivity contribution in [3.05, 3.63) is 23.4 Å². The van der Waals surface area contributed by atoms with Crippen molar-refractivity contribution in [1.29, 1.82) is 0 Å². The minimum absolute atomic E-state index is 0.212. The van der Waals surface area contributed by atoms with E-state index in [9.17, 15) is 5.11 Å². The zero-order chi connectivity index (χ0) is 13.8. The second-order valence-corrected chi connectivity index (χ2v) is 5.33. The van der Waals surface area contributed by atoms with E-state index < -0.39 is 6.10 Å². The summed E-state index contributed by atoms with van der Waals surface area (Å²) in [4.78, 5) is 6.82. The number of aliphatic hydroxyl groups excluding tert-OH is 2. The van der Waals surface area contributed by atoms with Gasteiger partial charge >= 0.3 is 0 Å². The van der Waals surface area contributed by atoms with E-state index in [1.54, 1.807) is 6.20 Å². The third kappa shape index (κ3) is 3.65. The van der Waals surface area contributed by atoms with Gasteiger partial charge in [-0.05, 0) is 25.0 Å². The van der Waals surface area contributed by atoms with Crippen LogP contribution in [0.1, 0.15) is 18.1 Å². The molecule has 19 heavy (non-hydrogen) atoms. The lowest BCUT2D eigenvalue weighted by Crippen LogP contribution is -2.49. The molecular weight excluding hydrogens is 242 g/mol. The molecule has 1 fully saturated rings. The normalized spacial score (nSPS) is 21.5. The van der Waals surface area contributed by atoms with Crippen LogP contribution in [0.5, 0.6) is 0 Å². The first-order valence-electron chi connectivity index (χ1n) is 6.83. The van der Waals surface area contributed by atoms with Crippen molar-refractivity contribution in [3.8, 4) is 0 Å². The number of piperazine rings is 1. The van der Waals surface area contributed by atoms with Crippen molar-refractivity contribution in [2.75, 3.05) is 31.1 Å². The molecule has 0 bridgehead atoms. The molecule has 0 unspecified atom stereocenters. The van der Waals surface area contributed by atoms with Crippen LogP contribution in [-0.4, -0.2) is 53.6 Å². The molecule has 5 heteroatoms. The Hall–Kier alpha value is -1.17. The van der Waals surface area contributed by atoms with Crippen molar-refractivity contribution in [3.63, 3.8) is 0 Å². The van der Waals surface area contributed by atoms with Crippen LogP contribution in [0.15, 0.2) is 12.3 Å². The second-order valence-electron chi connectivity index (χ2n) is 5.33. The molecule has 1 aliphatic rings. The SMILES string of the molecule is Cc1cc(C[C@@H](O)CO)cnc1N1CCN[C@H](C)C1. The summed E-state index contributed by atoms with van der Waals surface area (Å²) in [6, 6.07) is 2.53. The Kier molecular flexibility index (Phi) is 4.74. The Labute approximate surface area is 114 Å².